The van der Waals surface area contributed by atoms with Gasteiger partial charge in [-0.3, -0.25) is 9.59 Å². The van der Waals surface area contributed by atoms with Gasteiger partial charge in [-0.05, 0) is 12.1 Å². The van der Waals surface area contributed by atoms with Gasteiger partial charge in [-0.1, -0.05) is 28.1 Å². The number of nitrogens with zero attached hydrogens (tertiary/aromatic N) is 1. The molecule has 1 heterocycles. The highest BCUT2D eigenvalue weighted by Gasteiger charge is 2.07. The van der Waals surface area contributed by atoms with Crippen LogP contribution < -0.4 is 10.6 Å². The summed E-state index contributed by atoms with van der Waals surface area (Å²) in [4.78, 5) is 26.0. The molecule has 3 N–H and O–H groups in total. The summed E-state index contributed by atoms with van der Waals surface area (Å²) >= 11 is 3.45. The highest BCUT2D eigenvalue weighted by molar-refractivity contribution is 9.10. The molecule has 0 saturated heterocycles. The quantitative estimate of drug-likeness (QED) is 0.770. The SMILES string of the molecule is O=C(O)CNC(=O)CNc1nccc2c(Br)cccc12. The number of hydrogen-bond acceptors (Lipinski definition) is 4. The van der Waals surface area contributed by atoms with Crippen LogP contribution in [0.2, 0.25) is 0 Å². The fraction of sp³-hybridized carbons (Fsp3) is 0.154. The number of fused-ring (bicyclic) bond motifs is 1. The van der Waals surface area contributed by atoms with E-state index in [2.05, 4.69) is 31.5 Å². The standard InChI is InChI=1S/C13H12BrN3O3/c14-10-3-1-2-9-8(10)4-5-15-13(9)17-6-11(18)16-7-12(19)20/h1-5H,6-7H2,(H,15,17)(H,16,18)(H,19,20). The molecule has 0 spiro atoms. The molecular weight excluding hydrogens is 326 g/mol. The van der Waals surface area contributed by atoms with Gasteiger partial charge in [0.1, 0.15) is 12.4 Å². The topological polar surface area (TPSA) is 91.3 Å². The molecule has 0 bridgehead atoms. The van der Waals surface area contributed by atoms with Crippen LogP contribution in [-0.4, -0.2) is 35.1 Å². The number of halogens is 1. The third-order valence-corrected chi connectivity index (χ3v) is 3.30. The van der Waals surface area contributed by atoms with Crippen molar-refractivity contribution in [3.63, 3.8) is 0 Å². The highest BCUT2D eigenvalue weighted by Crippen LogP contribution is 2.27. The summed E-state index contributed by atoms with van der Waals surface area (Å²) in [7, 11) is 0. The molecule has 20 heavy (non-hydrogen) atoms. The number of rotatable bonds is 5. The largest absolute Gasteiger partial charge is 0.480 e. The summed E-state index contributed by atoms with van der Waals surface area (Å²) in [6, 6.07) is 7.56. The number of carbonyl (C=O) groups excluding carboxylic acids is 1. The van der Waals surface area contributed by atoms with Crippen LogP contribution in [0.25, 0.3) is 10.8 Å². The zero-order chi connectivity index (χ0) is 14.5. The molecule has 0 aliphatic heterocycles. The molecule has 7 heteroatoms. The van der Waals surface area contributed by atoms with Crippen molar-refractivity contribution in [2.75, 3.05) is 18.4 Å². The first-order chi connectivity index (χ1) is 9.58. The van der Waals surface area contributed by atoms with E-state index in [9.17, 15) is 9.59 Å². The Morgan fingerprint density at radius 2 is 2.00 bits per heavy atom. The number of carboxylic acid groups (broad SMARTS) is 1. The molecule has 0 atom stereocenters. The second-order valence-electron chi connectivity index (χ2n) is 4.02. The molecule has 0 fully saturated rings. The van der Waals surface area contributed by atoms with E-state index in [1.807, 2.05) is 24.3 Å². The first-order valence-corrected chi connectivity index (χ1v) is 6.63. The summed E-state index contributed by atoms with van der Waals surface area (Å²) < 4.78 is 0.941. The van der Waals surface area contributed by atoms with Crippen LogP contribution in [0.3, 0.4) is 0 Å². The van der Waals surface area contributed by atoms with Crippen LogP contribution >= 0.6 is 15.9 Å². The molecule has 0 aliphatic rings. The Bertz CT molecular complexity index is 660. The van der Waals surface area contributed by atoms with Gasteiger partial charge in [0.2, 0.25) is 5.91 Å². The lowest BCUT2D eigenvalue weighted by molar-refractivity contribution is -0.137. The summed E-state index contributed by atoms with van der Waals surface area (Å²) in [6.07, 6.45) is 1.64. The molecule has 6 nitrogen and oxygen atoms in total. The van der Waals surface area contributed by atoms with E-state index >= 15 is 0 Å². The van der Waals surface area contributed by atoms with Gasteiger partial charge in [0.15, 0.2) is 0 Å². The van der Waals surface area contributed by atoms with E-state index in [1.54, 1.807) is 6.20 Å². The molecule has 1 aromatic heterocycles. The minimum absolute atomic E-state index is 0.0358. The van der Waals surface area contributed by atoms with Crippen molar-refractivity contribution in [2.24, 2.45) is 0 Å². The van der Waals surface area contributed by atoms with Gasteiger partial charge in [0.05, 0.1) is 6.54 Å². The van der Waals surface area contributed by atoms with Gasteiger partial charge in [0, 0.05) is 21.4 Å². The van der Waals surface area contributed by atoms with Crippen LogP contribution in [-0.2, 0) is 9.59 Å². The van der Waals surface area contributed by atoms with Gasteiger partial charge < -0.3 is 15.7 Å². The number of carboxylic acids is 1. The third kappa shape index (κ3) is 3.45. The Morgan fingerprint density at radius 1 is 1.20 bits per heavy atom. The summed E-state index contributed by atoms with van der Waals surface area (Å²) in [5.41, 5.74) is 0. The predicted molar refractivity (Wildman–Crippen MR) is 78.6 cm³/mol. The molecule has 104 valence electrons. The number of hydrogen-bond donors (Lipinski definition) is 3. The number of benzene rings is 1. The Hall–Kier alpha value is -2.15. The Kier molecular flexibility index (Phi) is 4.52. The normalized spacial score (nSPS) is 10.2. The van der Waals surface area contributed by atoms with Gasteiger partial charge in [-0.25, -0.2) is 4.98 Å². The molecule has 0 aliphatic carbocycles. The number of nitrogens with one attached hydrogen (secondary N) is 2. The Labute approximate surface area is 123 Å². The van der Waals surface area contributed by atoms with Crippen LogP contribution in [0.15, 0.2) is 34.9 Å². The molecule has 1 aromatic carbocycles. The molecular formula is C13H12BrN3O3. The lowest BCUT2D eigenvalue weighted by Crippen LogP contribution is -2.34. The van der Waals surface area contributed by atoms with Crippen molar-refractivity contribution in [2.45, 2.75) is 0 Å². The first kappa shape index (κ1) is 14.3. The maximum Gasteiger partial charge on any atom is 0.322 e. The van der Waals surface area contributed by atoms with E-state index in [0.717, 1.165) is 15.2 Å². The lowest BCUT2D eigenvalue weighted by Gasteiger charge is -2.09. The predicted octanol–water partition coefficient (Wildman–Crippen LogP) is 1.61. The van der Waals surface area contributed by atoms with E-state index in [0.29, 0.717) is 5.82 Å². The third-order valence-electron chi connectivity index (χ3n) is 2.61. The zero-order valence-electron chi connectivity index (χ0n) is 10.4. The van der Waals surface area contributed by atoms with Crippen molar-refractivity contribution in [1.29, 1.82) is 0 Å². The van der Waals surface area contributed by atoms with Crippen LogP contribution in [0.5, 0.6) is 0 Å². The molecule has 2 aromatic rings. The van der Waals surface area contributed by atoms with Crippen molar-refractivity contribution in [3.05, 3.63) is 34.9 Å². The van der Waals surface area contributed by atoms with Gasteiger partial charge in [0.25, 0.3) is 0 Å². The average Bonchev–Trinajstić information content (AvgIpc) is 2.43. The fourth-order valence-electron chi connectivity index (χ4n) is 1.71. The fourth-order valence-corrected chi connectivity index (χ4v) is 2.21. The van der Waals surface area contributed by atoms with Crippen molar-refractivity contribution in [1.82, 2.24) is 10.3 Å². The minimum Gasteiger partial charge on any atom is -0.480 e. The van der Waals surface area contributed by atoms with E-state index in [4.69, 9.17) is 5.11 Å². The summed E-state index contributed by atoms with van der Waals surface area (Å²) in [6.45, 7) is -0.430. The van der Waals surface area contributed by atoms with Crippen molar-refractivity contribution in [3.8, 4) is 0 Å². The first-order valence-electron chi connectivity index (χ1n) is 5.83. The molecule has 0 unspecified atom stereocenters. The minimum atomic E-state index is -1.08. The van der Waals surface area contributed by atoms with E-state index in [1.165, 1.54) is 0 Å². The van der Waals surface area contributed by atoms with E-state index < -0.39 is 18.4 Å². The number of aliphatic carboxylic acids is 1. The Morgan fingerprint density at radius 3 is 2.75 bits per heavy atom. The summed E-state index contributed by atoms with van der Waals surface area (Å²) in [5, 5.41) is 15.5. The molecule has 0 saturated carbocycles. The summed E-state index contributed by atoms with van der Waals surface area (Å²) in [5.74, 6) is -0.902. The van der Waals surface area contributed by atoms with Crippen LogP contribution in [0.1, 0.15) is 0 Å². The van der Waals surface area contributed by atoms with Crippen LogP contribution in [0.4, 0.5) is 5.82 Å². The van der Waals surface area contributed by atoms with Gasteiger partial charge in [-0.15, -0.1) is 0 Å². The monoisotopic (exact) mass is 337 g/mol. The lowest BCUT2D eigenvalue weighted by atomic mass is 10.1. The smallest absolute Gasteiger partial charge is 0.322 e. The maximum absolute atomic E-state index is 11.4. The highest BCUT2D eigenvalue weighted by atomic mass is 79.9. The second-order valence-corrected chi connectivity index (χ2v) is 4.87. The molecule has 2 rings (SSSR count). The van der Waals surface area contributed by atoms with Crippen molar-refractivity contribution < 1.29 is 14.7 Å². The number of aromatic nitrogens is 1. The van der Waals surface area contributed by atoms with Gasteiger partial charge >= 0.3 is 5.97 Å². The number of anilines is 1. The number of pyridine rings is 1. The molecule has 0 radical (unpaired) electrons. The van der Waals surface area contributed by atoms with Gasteiger partial charge in [-0.2, -0.15) is 0 Å². The van der Waals surface area contributed by atoms with Crippen molar-refractivity contribution >= 4 is 44.4 Å². The maximum atomic E-state index is 11.4. The number of amides is 1. The molecule has 1 amide bonds. The second kappa shape index (κ2) is 6.33. The Balaban J connectivity index is 2.09. The van der Waals surface area contributed by atoms with Crippen LogP contribution in [0, 0.1) is 0 Å². The van der Waals surface area contributed by atoms with E-state index in [-0.39, 0.29) is 6.54 Å². The number of carbonyl (C=O) groups is 2. The average molecular weight is 338 g/mol. The zero-order valence-corrected chi connectivity index (χ0v) is 12.0.